The van der Waals surface area contributed by atoms with Crippen molar-refractivity contribution in [3.63, 3.8) is 0 Å². The molecule has 0 spiro atoms. The Kier molecular flexibility index (Phi) is 13.0. The molecule has 0 amide bonds. The number of alkyl halides is 1. The number of anilines is 1. The third-order valence-electron chi connectivity index (χ3n) is 7.51. The summed E-state index contributed by atoms with van der Waals surface area (Å²) >= 11 is 3.68. The Morgan fingerprint density at radius 2 is 1.64 bits per heavy atom. The molecule has 1 fully saturated rings. The summed E-state index contributed by atoms with van der Waals surface area (Å²) in [6.45, 7) is 17.9. The summed E-state index contributed by atoms with van der Waals surface area (Å²) in [5.74, 6) is 0.301. The van der Waals surface area contributed by atoms with Crippen molar-refractivity contribution in [1.82, 2.24) is 4.98 Å². The van der Waals surface area contributed by atoms with Gasteiger partial charge in [-0.05, 0) is 95.2 Å². The maximum absolute atomic E-state index is 13.2. The topological polar surface area (TPSA) is 71.9 Å². The number of carbonyl (C=O) groups is 1. The molecule has 1 aliphatic heterocycles. The number of aryl methyl sites for hydroxylation is 1. The number of aromatic nitrogens is 1. The van der Waals surface area contributed by atoms with E-state index < -0.39 is 5.60 Å². The van der Waals surface area contributed by atoms with E-state index >= 15 is 0 Å². The van der Waals surface area contributed by atoms with Crippen molar-refractivity contribution in [2.45, 2.75) is 98.1 Å². The van der Waals surface area contributed by atoms with Crippen molar-refractivity contribution >= 4 is 27.6 Å². The summed E-state index contributed by atoms with van der Waals surface area (Å²) in [5, 5.41) is 9.12. The minimum atomic E-state index is -0.500. The molecule has 3 aromatic rings. The predicted molar refractivity (Wildman–Crippen MR) is 185 cm³/mol. The van der Waals surface area contributed by atoms with Gasteiger partial charge < -0.3 is 19.5 Å². The van der Waals surface area contributed by atoms with Gasteiger partial charge in [0.2, 0.25) is 0 Å². The number of carbonyl (C=O) groups excluding carboxylic acids is 1. The monoisotopic (exact) mass is 684 g/mol. The van der Waals surface area contributed by atoms with Crippen LogP contribution in [0.25, 0.3) is 11.1 Å². The largest absolute Gasteiger partial charge is 0.493 e. The number of hydrogen-bond acceptors (Lipinski definition) is 6. The molecule has 1 N–H and O–H groups in total. The molecule has 1 aromatic heterocycles. The van der Waals surface area contributed by atoms with Crippen LogP contribution in [0.2, 0.25) is 0 Å². The van der Waals surface area contributed by atoms with Crippen molar-refractivity contribution in [2.24, 2.45) is 5.41 Å². The first-order valence-corrected chi connectivity index (χ1v) is 16.9. The Labute approximate surface area is 277 Å². The van der Waals surface area contributed by atoms with Gasteiger partial charge in [-0.15, -0.1) is 0 Å². The lowest BCUT2D eigenvalue weighted by Gasteiger charge is -2.40. The number of esters is 1. The molecular weight excluding hydrogens is 635 g/mol. The highest BCUT2D eigenvalue weighted by molar-refractivity contribution is 9.08. The quantitative estimate of drug-likeness (QED) is 0.170. The SMILES string of the molecule is CC(C)(C)O.Cc1nc(CBr)c(-c2ccc(OCCc3ccc(F)cc3)cc2)c(N2CCC(C)(C)CC2)c1CC(=O)OC(C)C. The lowest BCUT2D eigenvalue weighted by atomic mass is 9.82. The molecule has 0 atom stereocenters. The highest BCUT2D eigenvalue weighted by Gasteiger charge is 2.31. The molecule has 45 heavy (non-hydrogen) atoms. The molecule has 0 aliphatic carbocycles. The van der Waals surface area contributed by atoms with E-state index in [0.717, 1.165) is 71.0 Å². The molecule has 0 radical (unpaired) electrons. The van der Waals surface area contributed by atoms with Crippen LogP contribution in [0, 0.1) is 18.2 Å². The maximum atomic E-state index is 13.2. The fourth-order valence-electron chi connectivity index (χ4n) is 5.19. The van der Waals surface area contributed by atoms with Gasteiger partial charge in [0.05, 0.1) is 36.1 Å². The molecule has 0 bridgehead atoms. The second kappa shape index (κ2) is 16.0. The summed E-state index contributed by atoms with van der Waals surface area (Å²) in [4.78, 5) is 20.3. The third-order valence-corrected chi connectivity index (χ3v) is 8.05. The fraction of sp³-hybridized carbons (Fsp3) is 0.514. The minimum Gasteiger partial charge on any atom is -0.493 e. The normalized spacial score (nSPS) is 14.5. The van der Waals surface area contributed by atoms with Crippen LogP contribution in [0.1, 0.15) is 83.8 Å². The number of benzene rings is 2. The Hall–Kier alpha value is -2.97. The van der Waals surface area contributed by atoms with Crippen LogP contribution in [0.3, 0.4) is 0 Å². The van der Waals surface area contributed by atoms with Gasteiger partial charge in [-0.2, -0.15) is 0 Å². The van der Waals surface area contributed by atoms with E-state index in [1.165, 1.54) is 12.1 Å². The van der Waals surface area contributed by atoms with Gasteiger partial charge in [0.15, 0.2) is 0 Å². The van der Waals surface area contributed by atoms with Crippen LogP contribution in [0.15, 0.2) is 48.5 Å². The summed E-state index contributed by atoms with van der Waals surface area (Å²) < 4.78 is 24.7. The molecule has 1 aliphatic rings. The first-order valence-electron chi connectivity index (χ1n) is 15.8. The number of hydrogen-bond donors (Lipinski definition) is 1. The van der Waals surface area contributed by atoms with E-state index in [-0.39, 0.29) is 24.3 Å². The number of ether oxygens (including phenoxy) is 2. The molecular formula is C37H50BrFN2O4. The predicted octanol–water partition coefficient (Wildman–Crippen LogP) is 8.61. The summed E-state index contributed by atoms with van der Waals surface area (Å²) in [6, 6.07) is 14.6. The van der Waals surface area contributed by atoms with E-state index in [1.54, 1.807) is 32.9 Å². The molecule has 4 rings (SSSR count). The zero-order valence-corrected chi connectivity index (χ0v) is 29.8. The van der Waals surface area contributed by atoms with Crippen molar-refractivity contribution in [3.05, 3.63) is 76.9 Å². The van der Waals surface area contributed by atoms with Crippen molar-refractivity contribution in [1.29, 1.82) is 0 Å². The standard InChI is InChI=1S/C33H40BrFN2O3.C4H10O/c1-22(2)40-30(38)20-28-23(3)36-29(21-34)31(32(28)37-17-15-33(4,5)16-18-37)25-8-12-27(13-9-25)39-19-14-24-6-10-26(35)11-7-24;1-4(2,3)5/h6-13,22H,14-21H2,1-5H3;5H,1-3H3. The van der Waals surface area contributed by atoms with Crippen LogP contribution in [-0.2, 0) is 27.7 Å². The van der Waals surface area contributed by atoms with Gasteiger partial charge in [-0.3, -0.25) is 9.78 Å². The highest BCUT2D eigenvalue weighted by Crippen LogP contribution is 2.42. The van der Waals surface area contributed by atoms with Gasteiger partial charge in [-0.25, -0.2) is 4.39 Å². The van der Waals surface area contributed by atoms with Crippen molar-refractivity contribution < 1.29 is 23.8 Å². The summed E-state index contributed by atoms with van der Waals surface area (Å²) in [7, 11) is 0. The molecule has 2 heterocycles. The number of rotatable bonds is 10. The minimum absolute atomic E-state index is 0.170. The van der Waals surface area contributed by atoms with Gasteiger partial charge in [0, 0.05) is 41.7 Å². The Morgan fingerprint density at radius 3 is 2.18 bits per heavy atom. The van der Waals surface area contributed by atoms with Crippen LogP contribution in [0.4, 0.5) is 10.1 Å². The lowest BCUT2D eigenvalue weighted by Crippen LogP contribution is -2.38. The molecule has 246 valence electrons. The number of aliphatic hydroxyl groups is 1. The second-order valence-corrected chi connectivity index (χ2v) is 14.3. The first kappa shape index (κ1) is 36.5. The second-order valence-electron chi connectivity index (χ2n) is 13.8. The van der Waals surface area contributed by atoms with E-state index in [1.807, 2.05) is 32.9 Å². The van der Waals surface area contributed by atoms with E-state index in [4.69, 9.17) is 19.6 Å². The molecule has 8 heteroatoms. The number of nitrogens with zero attached hydrogens (tertiary/aromatic N) is 2. The Morgan fingerprint density at radius 1 is 1.07 bits per heavy atom. The Bertz CT molecular complexity index is 1380. The van der Waals surface area contributed by atoms with E-state index in [9.17, 15) is 9.18 Å². The number of halogens is 2. The molecule has 0 saturated carbocycles. The van der Waals surface area contributed by atoms with Gasteiger partial charge in [-0.1, -0.05) is 54.0 Å². The summed E-state index contributed by atoms with van der Waals surface area (Å²) in [5.41, 5.74) is 6.73. The van der Waals surface area contributed by atoms with Gasteiger partial charge in [0.1, 0.15) is 11.6 Å². The smallest absolute Gasteiger partial charge is 0.310 e. The first-order chi connectivity index (χ1) is 21.1. The average Bonchev–Trinajstić information content (AvgIpc) is 2.94. The molecule has 2 aromatic carbocycles. The average molecular weight is 686 g/mol. The van der Waals surface area contributed by atoms with E-state index in [2.05, 4.69) is 46.8 Å². The highest BCUT2D eigenvalue weighted by atomic mass is 79.9. The van der Waals surface area contributed by atoms with Crippen LogP contribution in [0.5, 0.6) is 5.75 Å². The zero-order chi connectivity index (χ0) is 33.4. The van der Waals surface area contributed by atoms with Gasteiger partial charge in [0.25, 0.3) is 0 Å². The lowest BCUT2D eigenvalue weighted by molar-refractivity contribution is -0.146. The van der Waals surface area contributed by atoms with E-state index in [0.29, 0.717) is 23.8 Å². The van der Waals surface area contributed by atoms with Gasteiger partial charge >= 0.3 is 5.97 Å². The Balaban J connectivity index is 0.00000102. The molecule has 1 saturated heterocycles. The van der Waals surface area contributed by atoms with Crippen LogP contribution >= 0.6 is 15.9 Å². The maximum Gasteiger partial charge on any atom is 0.310 e. The number of pyridine rings is 1. The molecule has 6 nitrogen and oxygen atoms in total. The summed E-state index contributed by atoms with van der Waals surface area (Å²) in [6.07, 6.45) is 2.87. The number of piperidine rings is 1. The molecule has 0 unspecified atom stereocenters. The van der Waals surface area contributed by atoms with Crippen LogP contribution in [-0.4, -0.2) is 47.5 Å². The van der Waals surface area contributed by atoms with Crippen molar-refractivity contribution in [2.75, 3.05) is 24.6 Å². The third kappa shape index (κ3) is 11.7. The fourth-order valence-corrected chi connectivity index (χ4v) is 5.59. The van der Waals surface area contributed by atoms with Crippen molar-refractivity contribution in [3.8, 4) is 16.9 Å². The van der Waals surface area contributed by atoms with Crippen LogP contribution < -0.4 is 9.64 Å². The zero-order valence-electron chi connectivity index (χ0n) is 28.2.